The first-order valence-electron chi connectivity index (χ1n) is 11.5. The van der Waals surface area contributed by atoms with E-state index < -0.39 is 0 Å². The molecule has 0 radical (unpaired) electrons. The summed E-state index contributed by atoms with van der Waals surface area (Å²) in [5, 5.41) is 10.8. The zero-order valence-corrected chi connectivity index (χ0v) is 20.3. The van der Waals surface area contributed by atoms with E-state index in [1.165, 1.54) is 6.08 Å². The van der Waals surface area contributed by atoms with Crippen LogP contribution in [0.15, 0.2) is 79.4 Å². The second-order valence-corrected chi connectivity index (χ2v) is 8.66. The predicted octanol–water partition coefficient (Wildman–Crippen LogP) is 5.73. The molecule has 1 aliphatic heterocycles. The molecule has 9 heteroatoms. The number of amides is 1. The molecule has 0 unspecified atom stereocenters. The van der Waals surface area contributed by atoms with Crippen LogP contribution in [0.3, 0.4) is 0 Å². The number of benzene rings is 3. The van der Waals surface area contributed by atoms with Gasteiger partial charge in [-0.2, -0.15) is 4.98 Å². The quantitative estimate of drug-likeness (QED) is 0.279. The molecule has 2 heterocycles. The molecule has 1 aromatic heterocycles. The van der Waals surface area contributed by atoms with Crippen molar-refractivity contribution in [3.63, 3.8) is 0 Å². The Morgan fingerprint density at radius 1 is 0.944 bits per heavy atom. The summed E-state index contributed by atoms with van der Waals surface area (Å²) in [6, 6.07) is 21.0. The van der Waals surface area contributed by atoms with E-state index in [9.17, 15) is 4.79 Å². The number of nitrogens with zero attached hydrogens (tertiary/aromatic N) is 3. The van der Waals surface area contributed by atoms with E-state index in [1.54, 1.807) is 12.1 Å². The van der Waals surface area contributed by atoms with E-state index in [0.29, 0.717) is 22.5 Å². The van der Waals surface area contributed by atoms with Crippen LogP contribution in [0.1, 0.15) is 0 Å². The molecule has 3 aromatic carbocycles. The lowest BCUT2D eigenvalue weighted by Crippen LogP contribution is -2.36. The third-order valence-electron chi connectivity index (χ3n) is 5.74. The summed E-state index contributed by atoms with van der Waals surface area (Å²) in [7, 11) is 0. The van der Waals surface area contributed by atoms with Crippen molar-refractivity contribution in [2.45, 2.75) is 0 Å². The molecule has 4 aromatic rings. The highest BCUT2D eigenvalue weighted by Crippen LogP contribution is 2.30. The van der Waals surface area contributed by atoms with E-state index in [4.69, 9.17) is 21.3 Å². The zero-order valence-electron chi connectivity index (χ0n) is 19.5. The van der Waals surface area contributed by atoms with Crippen molar-refractivity contribution in [1.29, 1.82) is 0 Å². The maximum absolute atomic E-state index is 11.7. The average Bonchev–Trinajstić information content (AvgIpc) is 2.90. The molecule has 0 saturated carbocycles. The Morgan fingerprint density at radius 2 is 1.72 bits per heavy atom. The van der Waals surface area contributed by atoms with Gasteiger partial charge in [-0.05, 0) is 66.7 Å². The fourth-order valence-electron chi connectivity index (χ4n) is 3.96. The fraction of sp³-hybridized carbons (Fsp3) is 0.148. The Hall–Kier alpha value is -4.14. The van der Waals surface area contributed by atoms with Crippen LogP contribution in [-0.2, 0) is 9.53 Å². The van der Waals surface area contributed by atoms with Crippen LogP contribution in [0, 0.1) is 0 Å². The number of anilines is 6. The number of hydrogen-bond donors (Lipinski definition) is 3. The van der Waals surface area contributed by atoms with Gasteiger partial charge in [0.05, 0.1) is 18.7 Å². The van der Waals surface area contributed by atoms with Crippen LogP contribution < -0.4 is 20.9 Å². The second-order valence-electron chi connectivity index (χ2n) is 8.23. The minimum Gasteiger partial charge on any atom is -0.378 e. The average molecular weight is 501 g/mol. The number of rotatable bonds is 7. The maximum Gasteiger partial charge on any atom is 0.247 e. The number of carbonyl (C=O) groups excluding carboxylic acids is 1. The van der Waals surface area contributed by atoms with E-state index >= 15 is 0 Å². The van der Waals surface area contributed by atoms with E-state index in [0.717, 1.165) is 54.3 Å². The van der Waals surface area contributed by atoms with Crippen LogP contribution in [0.5, 0.6) is 0 Å². The highest BCUT2D eigenvalue weighted by molar-refractivity contribution is 6.31. The molecule has 0 aliphatic carbocycles. The van der Waals surface area contributed by atoms with Crippen LogP contribution in [0.4, 0.5) is 34.5 Å². The summed E-state index contributed by atoms with van der Waals surface area (Å²) in [5.74, 6) is 0.752. The lowest BCUT2D eigenvalue weighted by molar-refractivity contribution is -0.111. The molecule has 0 bridgehead atoms. The molecular formula is C27H25ClN6O2. The third kappa shape index (κ3) is 5.56. The lowest BCUT2D eigenvalue weighted by atomic mass is 10.2. The minimum atomic E-state index is -0.280. The van der Waals surface area contributed by atoms with Crippen molar-refractivity contribution in [2.24, 2.45) is 0 Å². The highest BCUT2D eigenvalue weighted by atomic mass is 35.5. The molecule has 1 fully saturated rings. The van der Waals surface area contributed by atoms with Crippen molar-refractivity contribution in [3.05, 3.63) is 84.4 Å². The van der Waals surface area contributed by atoms with E-state index in [1.807, 2.05) is 42.5 Å². The van der Waals surface area contributed by atoms with Crippen LogP contribution in [-0.4, -0.2) is 42.2 Å². The number of halogens is 1. The summed E-state index contributed by atoms with van der Waals surface area (Å²) in [6.45, 7) is 6.75. The van der Waals surface area contributed by atoms with Gasteiger partial charge in [0.1, 0.15) is 5.82 Å². The van der Waals surface area contributed by atoms with E-state index in [2.05, 4.69) is 44.5 Å². The van der Waals surface area contributed by atoms with Gasteiger partial charge in [-0.15, -0.1) is 0 Å². The standard InChI is InChI=1S/C27H25ClN6O2/c1-2-25(35)29-20-4-3-5-21(17-20)30-26-23-16-18(28)6-11-24(23)32-27(33-26)31-19-7-9-22(10-8-19)34-12-14-36-15-13-34/h2-11,16-17H,1,12-15H2,(H,29,35)(H2,30,31,32,33). The fourth-order valence-corrected chi connectivity index (χ4v) is 4.13. The first-order chi connectivity index (χ1) is 17.6. The van der Waals surface area contributed by atoms with Crippen LogP contribution >= 0.6 is 11.6 Å². The number of ether oxygens (including phenoxy) is 1. The molecule has 1 aliphatic rings. The molecule has 1 amide bonds. The van der Waals surface area contributed by atoms with Gasteiger partial charge in [-0.3, -0.25) is 4.79 Å². The molecular weight excluding hydrogens is 476 g/mol. The molecule has 3 N–H and O–H groups in total. The van der Waals surface area contributed by atoms with Crippen molar-refractivity contribution in [1.82, 2.24) is 9.97 Å². The van der Waals surface area contributed by atoms with Crippen LogP contribution in [0.25, 0.3) is 10.9 Å². The normalized spacial score (nSPS) is 13.3. The monoisotopic (exact) mass is 500 g/mol. The molecule has 5 rings (SSSR count). The predicted molar refractivity (Wildman–Crippen MR) is 146 cm³/mol. The summed E-state index contributed by atoms with van der Waals surface area (Å²) >= 11 is 6.27. The van der Waals surface area contributed by atoms with Gasteiger partial charge in [0.15, 0.2) is 0 Å². The minimum absolute atomic E-state index is 0.280. The Labute approximate surface area is 214 Å². The summed E-state index contributed by atoms with van der Waals surface area (Å²) < 4.78 is 5.44. The van der Waals surface area contributed by atoms with Gasteiger partial charge in [0, 0.05) is 46.2 Å². The molecule has 0 atom stereocenters. The zero-order chi connectivity index (χ0) is 24.9. The number of morpholine rings is 1. The molecule has 36 heavy (non-hydrogen) atoms. The third-order valence-corrected chi connectivity index (χ3v) is 5.97. The number of nitrogens with one attached hydrogen (secondary N) is 3. The first kappa shape index (κ1) is 23.6. The van der Waals surface area contributed by atoms with E-state index in [-0.39, 0.29) is 5.91 Å². The van der Waals surface area contributed by atoms with Gasteiger partial charge < -0.3 is 25.6 Å². The maximum atomic E-state index is 11.7. The topological polar surface area (TPSA) is 91.4 Å². The van der Waals surface area contributed by atoms with Crippen molar-refractivity contribution < 1.29 is 9.53 Å². The van der Waals surface area contributed by atoms with Crippen molar-refractivity contribution >= 4 is 62.9 Å². The van der Waals surface area contributed by atoms with Gasteiger partial charge in [0.2, 0.25) is 11.9 Å². The van der Waals surface area contributed by atoms with Crippen LogP contribution in [0.2, 0.25) is 5.02 Å². The number of carbonyl (C=O) groups is 1. The summed E-state index contributed by atoms with van der Waals surface area (Å²) in [5.41, 5.74) is 4.15. The first-order valence-corrected chi connectivity index (χ1v) is 11.9. The van der Waals surface area contributed by atoms with Gasteiger partial charge in [-0.25, -0.2) is 4.98 Å². The Kier molecular flexibility index (Phi) is 6.97. The smallest absolute Gasteiger partial charge is 0.247 e. The SMILES string of the molecule is C=CC(=O)Nc1cccc(Nc2nc(Nc3ccc(N4CCOCC4)cc3)nc3ccc(Cl)cc23)c1. The number of fused-ring (bicyclic) bond motifs is 1. The number of aromatic nitrogens is 2. The Balaban J connectivity index is 1.42. The number of hydrogen-bond acceptors (Lipinski definition) is 7. The summed E-state index contributed by atoms with van der Waals surface area (Å²) in [6.07, 6.45) is 1.23. The van der Waals surface area contributed by atoms with Gasteiger partial charge >= 0.3 is 0 Å². The van der Waals surface area contributed by atoms with Crippen molar-refractivity contribution in [2.75, 3.05) is 47.2 Å². The highest BCUT2D eigenvalue weighted by Gasteiger charge is 2.13. The van der Waals surface area contributed by atoms with Gasteiger partial charge in [0.25, 0.3) is 0 Å². The lowest BCUT2D eigenvalue weighted by Gasteiger charge is -2.28. The molecule has 0 spiro atoms. The molecule has 8 nitrogen and oxygen atoms in total. The second kappa shape index (κ2) is 10.6. The Morgan fingerprint density at radius 3 is 2.50 bits per heavy atom. The van der Waals surface area contributed by atoms with Gasteiger partial charge in [-0.1, -0.05) is 24.2 Å². The Bertz CT molecular complexity index is 1400. The molecule has 182 valence electrons. The largest absolute Gasteiger partial charge is 0.378 e. The van der Waals surface area contributed by atoms with Crippen molar-refractivity contribution in [3.8, 4) is 0 Å². The summed E-state index contributed by atoms with van der Waals surface area (Å²) in [4.78, 5) is 23.4. The molecule has 1 saturated heterocycles.